The molecule has 0 saturated carbocycles. The van der Waals surface area contributed by atoms with Crippen molar-refractivity contribution in [3.05, 3.63) is 42.6 Å². The number of carbonyl (C=O) groups excluding carboxylic acids is 1. The number of carbonyl (C=O) groups is 1. The van der Waals surface area contributed by atoms with Crippen molar-refractivity contribution in [3.63, 3.8) is 0 Å². The number of nitrogens with zero attached hydrogens (tertiary/aromatic N) is 5. The second-order valence-electron chi connectivity index (χ2n) is 6.92. The van der Waals surface area contributed by atoms with Crippen LogP contribution in [0.4, 0.5) is 5.82 Å². The zero-order valence-corrected chi connectivity index (χ0v) is 15.0. The summed E-state index contributed by atoms with van der Waals surface area (Å²) in [6.45, 7) is 6.70. The zero-order chi connectivity index (χ0) is 17.8. The lowest BCUT2D eigenvalue weighted by Gasteiger charge is -2.36. The number of benzene rings is 1. The standard InChI is InChI=1S/C20H25N5O/c26-19-7-4-10-25(19)16-13-23-11-14-24(15-12-23)18-8-9-21-20(22-18)17-5-2-1-3-6-17/h1-3,5-6,8-9H,4,7,10-16H2. The predicted octanol–water partition coefficient (Wildman–Crippen LogP) is 1.89. The summed E-state index contributed by atoms with van der Waals surface area (Å²) in [6.07, 6.45) is 3.59. The molecule has 1 aromatic carbocycles. The maximum atomic E-state index is 11.7. The van der Waals surface area contributed by atoms with Crippen molar-refractivity contribution in [2.24, 2.45) is 0 Å². The van der Waals surface area contributed by atoms with E-state index in [9.17, 15) is 4.79 Å². The third-order valence-corrected chi connectivity index (χ3v) is 5.23. The number of likely N-dealkylation sites (tertiary alicyclic amines) is 1. The van der Waals surface area contributed by atoms with E-state index in [-0.39, 0.29) is 0 Å². The average Bonchev–Trinajstić information content (AvgIpc) is 3.12. The minimum absolute atomic E-state index is 0.318. The Bertz CT molecular complexity index is 743. The first-order chi connectivity index (χ1) is 12.8. The van der Waals surface area contributed by atoms with Crippen LogP contribution in [-0.4, -0.2) is 71.5 Å². The van der Waals surface area contributed by atoms with Gasteiger partial charge in [0.15, 0.2) is 5.82 Å². The van der Waals surface area contributed by atoms with E-state index in [1.807, 2.05) is 47.5 Å². The SMILES string of the molecule is O=C1CCCN1CCN1CCN(c2ccnc(-c3ccccc3)n2)CC1. The molecule has 6 nitrogen and oxygen atoms in total. The van der Waals surface area contributed by atoms with E-state index in [2.05, 4.69) is 14.8 Å². The monoisotopic (exact) mass is 351 g/mol. The molecule has 26 heavy (non-hydrogen) atoms. The van der Waals surface area contributed by atoms with Gasteiger partial charge in [0, 0.05) is 64.0 Å². The van der Waals surface area contributed by atoms with Crippen LogP contribution in [0, 0.1) is 0 Å². The molecule has 4 rings (SSSR count). The van der Waals surface area contributed by atoms with Crippen molar-refractivity contribution < 1.29 is 4.79 Å². The summed E-state index contributed by atoms with van der Waals surface area (Å²) >= 11 is 0. The molecule has 2 aliphatic rings. The Morgan fingerprint density at radius 2 is 1.73 bits per heavy atom. The lowest BCUT2D eigenvalue weighted by Crippen LogP contribution is -2.48. The molecule has 2 fully saturated rings. The van der Waals surface area contributed by atoms with Crippen LogP contribution in [0.15, 0.2) is 42.6 Å². The van der Waals surface area contributed by atoms with Crippen LogP contribution in [0.2, 0.25) is 0 Å². The Labute approximate surface area is 154 Å². The Morgan fingerprint density at radius 3 is 2.46 bits per heavy atom. The van der Waals surface area contributed by atoms with Crippen molar-refractivity contribution in [1.82, 2.24) is 19.8 Å². The van der Waals surface area contributed by atoms with E-state index in [1.54, 1.807) is 0 Å². The number of aromatic nitrogens is 2. The molecule has 3 heterocycles. The summed E-state index contributed by atoms with van der Waals surface area (Å²) in [5.41, 5.74) is 1.04. The van der Waals surface area contributed by atoms with Crippen LogP contribution >= 0.6 is 0 Å². The van der Waals surface area contributed by atoms with E-state index < -0.39 is 0 Å². The molecule has 2 saturated heterocycles. The number of anilines is 1. The summed E-state index contributed by atoms with van der Waals surface area (Å²) in [5, 5.41) is 0. The van der Waals surface area contributed by atoms with Crippen molar-refractivity contribution in [2.75, 3.05) is 50.7 Å². The molecule has 2 aromatic rings. The molecule has 6 heteroatoms. The fraction of sp³-hybridized carbons (Fsp3) is 0.450. The Morgan fingerprint density at radius 1 is 0.923 bits per heavy atom. The van der Waals surface area contributed by atoms with Gasteiger partial charge in [-0.25, -0.2) is 9.97 Å². The number of piperazine rings is 1. The van der Waals surface area contributed by atoms with Crippen LogP contribution < -0.4 is 4.90 Å². The molecular formula is C20H25N5O. The number of amides is 1. The first kappa shape index (κ1) is 17.0. The fourth-order valence-electron chi connectivity index (χ4n) is 3.65. The molecule has 0 atom stereocenters. The van der Waals surface area contributed by atoms with Gasteiger partial charge < -0.3 is 9.80 Å². The molecule has 0 unspecified atom stereocenters. The van der Waals surface area contributed by atoms with Gasteiger partial charge in [-0.1, -0.05) is 30.3 Å². The van der Waals surface area contributed by atoms with Crippen molar-refractivity contribution in [1.29, 1.82) is 0 Å². The zero-order valence-electron chi connectivity index (χ0n) is 15.0. The molecule has 0 N–H and O–H groups in total. The first-order valence-electron chi connectivity index (χ1n) is 9.43. The second-order valence-corrected chi connectivity index (χ2v) is 6.92. The highest BCUT2D eigenvalue weighted by atomic mass is 16.2. The molecule has 2 aliphatic heterocycles. The van der Waals surface area contributed by atoms with E-state index >= 15 is 0 Å². The van der Waals surface area contributed by atoms with Gasteiger partial charge in [-0.2, -0.15) is 0 Å². The van der Waals surface area contributed by atoms with Gasteiger partial charge in [-0.3, -0.25) is 9.69 Å². The van der Waals surface area contributed by atoms with Gasteiger partial charge in [0.2, 0.25) is 5.91 Å². The number of hydrogen-bond donors (Lipinski definition) is 0. The second kappa shape index (κ2) is 7.83. The third kappa shape index (κ3) is 3.85. The first-order valence-corrected chi connectivity index (χ1v) is 9.43. The van der Waals surface area contributed by atoms with E-state index in [1.165, 1.54) is 0 Å². The number of hydrogen-bond acceptors (Lipinski definition) is 5. The molecule has 0 spiro atoms. The lowest BCUT2D eigenvalue weighted by atomic mass is 10.2. The minimum atomic E-state index is 0.318. The molecule has 0 radical (unpaired) electrons. The van der Waals surface area contributed by atoms with Gasteiger partial charge in [-0.15, -0.1) is 0 Å². The third-order valence-electron chi connectivity index (χ3n) is 5.23. The van der Waals surface area contributed by atoms with Crippen LogP contribution in [-0.2, 0) is 4.79 Å². The topological polar surface area (TPSA) is 52.6 Å². The highest BCUT2D eigenvalue weighted by Crippen LogP contribution is 2.19. The molecule has 1 amide bonds. The lowest BCUT2D eigenvalue weighted by molar-refractivity contribution is -0.127. The molecule has 0 bridgehead atoms. The van der Waals surface area contributed by atoms with Gasteiger partial charge in [-0.05, 0) is 12.5 Å². The van der Waals surface area contributed by atoms with Gasteiger partial charge in [0.05, 0.1) is 0 Å². The van der Waals surface area contributed by atoms with Gasteiger partial charge in [0.25, 0.3) is 0 Å². The van der Waals surface area contributed by atoms with Crippen molar-refractivity contribution in [2.45, 2.75) is 12.8 Å². The summed E-state index contributed by atoms with van der Waals surface area (Å²) < 4.78 is 0. The van der Waals surface area contributed by atoms with Crippen LogP contribution in [0.5, 0.6) is 0 Å². The van der Waals surface area contributed by atoms with Gasteiger partial charge >= 0.3 is 0 Å². The van der Waals surface area contributed by atoms with E-state index in [4.69, 9.17) is 4.98 Å². The highest BCUT2D eigenvalue weighted by Gasteiger charge is 2.22. The van der Waals surface area contributed by atoms with Crippen molar-refractivity contribution in [3.8, 4) is 11.4 Å². The largest absolute Gasteiger partial charge is 0.354 e. The summed E-state index contributed by atoms with van der Waals surface area (Å²) in [5.74, 6) is 2.09. The van der Waals surface area contributed by atoms with Crippen LogP contribution in [0.25, 0.3) is 11.4 Å². The predicted molar refractivity (Wildman–Crippen MR) is 102 cm³/mol. The molecule has 0 aliphatic carbocycles. The summed E-state index contributed by atoms with van der Waals surface area (Å²) in [7, 11) is 0. The smallest absolute Gasteiger partial charge is 0.222 e. The van der Waals surface area contributed by atoms with E-state index in [0.717, 1.165) is 75.9 Å². The van der Waals surface area contributed by atoms with Crippen molar-refractivity contribution >= 4 is 11.7 Å². The Balaban J connectivity index is 1.32. The minimum Gasteiger partial charge on any atom is -0.354 e. The normalized spacial score (nSPS) is 18.5. The fourth-order valence-corrected chi connectivity index (χ4v) is 3.65. The van der Waals surface area contributed by atoms with E-state index in [0.29, 0.717) is 5.91 Å². The average molecular weight is 351 g/mol. The number of rotatable bonds is 5. The van der Waals surface area contributed by atoms with Crippen LogP contribution in [0.3, 0.4) is 0 Å². The van der Waals surface area contributed by atoms with Crippen LogP contribution in [0.1, 0.15) is 12.8 Å². The summed E-state index contributed by atoms with van der Waals surface area (Å²) in [4.78, 5) is 27.7. The Hall–Kier alpha value is -2.47. The van der Waals surface area contributed by atoms with Gasteiger partial charge in [0.1, 0.15) is 5.82 Å². The molecule has 1 aromatic heterocycles. The maximum Gasteiger partial charge on any atom is 0.222 e. The highest BCUT2D eigenvalue weighted by molar-refractivity contribution is 5.78. The summed E-state index contributed by atoms with van der Waals surface area (Å²) in [6, 6.07) is 12.1. The quantitative estimate of drug-likeness (QED) is 0.823. The molecule has 136 valence electrons. The Kier molecular flexibility index (Phi) is 5.11. The molecular weight excluding hydrogens is 326 g/mol. The maximum absolute atomic E-state index is 11.7.